The number of nitrogens with zero attached hydrogens (tertiary/aromatic N) is 1. The Morgan fingerprint density at radius 1 is 1.12 bits per heavy atom. The largest absolute Gasteiger partial charge is 0.381 e. The first-order valence-electron chi connectivity index (χ1n) is 5.56. The lowest BCUT2D eigenvalue weighted by Gasteiger charge is -2.19. The topological polar surface area (TPSA) is 3.24 Å². The SMILES string of the molecule is CN(C)C1=CC=CC(=Cc2ccccc2)C1. The Bertz CT molecular complexity index is 436. The highest BCUT2D eigenvalue weighted by Crippen LogP contribution is 2.21. The Morgan fingerprint density at radius 2 is 1.88 bits per heavy atom. The molecule has 16 heavy (non-hydrogen) atoms. The zero-order chi connectivity index (χ0) is 11.4. The lowest BCUT2D eigenvalue weighted by Crippen LogP contribution is -2.12. The van der Waals surface area contributed by atoms with E-state index in [4.69, 9.17) is 0 Å². The van der Waals surface area contributed by atoms with Crippen LogP contribution < -0.4 is 0 Å². The van der Waals surface area contributed by atoms with Gasteiger partial charge in [0.25, 0.3) is 0 Å². The number of rotatable bonds is 2. The Labute approximate surface area is 97.4 Å². The Balaban J connectivity index is 2.17. The third-order valence-electron chi connectivity index (χ3n) is 2.71. The molecule has 0 spiro atoms. The molecule has 0 saturated heterocycles. The summed E-state index contributed by atoms with van der Waals surface area (Å²) in [4.78, 5) is 2.17. The van der Waals surface area contributed by atoms with Crippen molar-refractivity contribution in [1.82, 2.24) is 4.90 Å². The summed E-state index contributed by atoms with van der Waals surface area (Å²) in [7, 11) is 4.18. The Kier molecular flexibility index (Phi) is 3.25. The van der Waals surface area contributed by atoms with Crippen molar-refractivity contribution in [1.29, 1.82) is 0 Å². The minimum Gasteiger partial charge on any atom is -0.381 e. The second-order valence-electron chi connectivity index (χ2n) is 4.22. The standard InChI is InChI=1S/C15H17N/c1-16(2)15-10-6-9-14(12-15)11-13-7-4-3-5-8-13/h3-11H,12H2,1-2H3. The normalized spacial score (nSPS) is 17.4. The summed E-state index contributed by atoms with van der Waals surface area (Å²) in [5, 5.41) is 0. The highest BCUT2D eigenvalue weighted by atomic mass is 15.1. The van der Waals surface area contributed by atoms with Gasteiger partial charge in [0.15, 0.2) is 0 Å². The number of hydrogen-bond donors (Lipinski definition) is 0. The van der Waals surface area contributed by atoms with Crippen LogP contribution in [0.15, 0.2) is 59.8 Å². The molecule has 1 nitrogen and oxygen atoms in total. The first kappa shape index (κ1) is 10.7. The molecule has 0 heterocycles. The second-order valence-corrected chi connectivity index (χ2v) is 4.22. The van der Waals surface area contributed by atoms with Gasteiger partial charge in [-0.05, 0) is 17.2 Å². The van der Waals surface area contributed by atoms with Crippen molar-refractivity contribution < 1.29 is 0 Å². The quantitative estimate of drug-likeness (QED) is 0.724. The molecule has 1 aliphatic rings. The first-order chi connectivity index (χ1) is 7.75. The fourth-order valence-corrected chi connectivity index (χ4v) is 1.78. The average molecular weight is 211 g/mol. The van der Waals surface area contributed by atoms with Crippen LogP contribution >= 0.6 is 0 Å². The molecular weight excluding hydrogens is 194 g/mol. The van der Waals surface area contributed by atoms with Crippen molar-refractivity contribution in [3.63, 3.8) is 0 Å². The van der Waals surface area contributed by atoms with Crippen LogP contribution in [0, 0.1) is 0 Å². The third kappa shape index (κ3) is 2.63. The lowest BCUT2D eigenvalue weighted by atomic mass is 10.0. The molecular formula is C15H17N. The summed E-state index contributed by atoms with van der Waals surface area (Å²) in [6.45, 7) is 0. The van der Waals surface area contributed by atoms with Gasteiger partial charge in [-0.2, -0.15) is 0 Å². The highest BCUT2D eigenvalue weighted by Gasteiger charge is 2.05. The van der Waals surface area contributed by atoms with E-state index in [2.05, 4.69) is 67.6 Å². The fourth-order valence-electron chi connectivity index (χ4n) is 1.78. The summed E-state index contributed by atoms with van der Waals surface area (Å²) in [5.74, 6) is 0. The maximum atomic E-state index is 2.24. The van der Waals surface area contributed by atoms with Gasteiger partial charge in [-0.25, -0.2) is 0 Å². The van der Waals surface area contributed by atoms with E-state index in [1.807, 2.05) is 6.07 Å². The minimum atomic E-state index is 1.01. The smallest absolute Gasteiger partial charge is 0.0172 e. The second kappa shape index (κ2) is 4.84. The highest BCUT2D eigenvalue weighted by molar-refractivity contribution is 5.57. The number of benzene rings is 1. The molecule has 82 valence electrons. The molecule has 0 fully saturated rings. The Morgan fingerprint density at radius 3 is 2.56 bits per heavy atom. The van der Waals surface area contributed by atoms with E-state index < -0.39 is 0 Å². The van der Waals surface area contributed by atoms with E-state index in [-0.39, 0.29) is 0 Å². The van der Waals surface area contributed by atoms with Crippen LogP contribution in [0.3, 0.4) is 0 Å². The van der Waals surface area contributed by atoms with Crippen molar-refractivity contribution in [2.24, 2.45) is 0 Å². The van der Waals surface area contributed by atoms with E-state index in [1.54, 1.807) is 0 Å². The monoisotopic (exact) mass is 211 g/mol. The van der Waals surface area contributed by atoms with Gasteiger partial charge >= 0.3 is 0 Å². The Hall–Kier alpha value is -1.76. The van der Waals surface area contributed by atoms with Gasteiger partial charge in [0.05, 0.1) is 0 Å². The molecule has 1 heteroatoms. The van der Waals surface area contributed by atoms with E-state index in [0.717, 1.165) is 6.42 Å². The van der Waals surface area contributed by atoms with Gasteiger partial charge in [0.1, 0.15) is 0 Å². The van der Waals surface area contributed by atoms with E-state index in [1.165, 1.54) is 16.8 Å². The molecule has 0 radical (unpaired) electrons. The molecule has 0 bridgehead atoms. The van der Waals surface area contributed by atoms with Crippen LogP contribution in [0.25, 0.3) is 6.08 Å². The van der Waals surface area contributed by atoms with Crippen LogP contribution in [-0.4, -0.2) is 19.0 Å². The predicted octanol–water partition coefficient (Wildman–Crippen LogP) is 3.48. The van der Waals surface area contributed by atoms with E-state index in [0.29, 0.717) is 0 Å². The van der Waals surface area contributed by atoms with Crippen molar-refractivity contribution in [3.05, 3.63) is 65.4 Å². The molecule has 0 aromatic heterocycles. The van der Waals surface area contributed by atoms with Crippen LogP contribution in [0.5, 0.6) is 0 Å². The average Bonchev–Trinajstić information content (AvgIpc) is 2.30. The van der Waals surface area contributed by atoms with E-state index in [9.17, 15) is 0 Å². The molecule has 0 amide bonds. The zero-order valence-electron chi connectivity index (χ0n) is 9.85. The molecule has 2 rings (SSSR count). The lowest BCUT2D eigenvalue weighted by molar-refractivity contribution is 0.498. The molecule has 0 saturated carbocycles. The van der Waals surface area contributed by atoms with E-state index >= 15 is 0 Å². The summed E-state index contributed by atoms with van der Waals surface area (Å²) in [6.07, 6.45) is 9.72. The molecule has 1 aliphatic carbocycles. The third-order valence-corrected chi connectivity index (χ3v) is 2.71. The number of allylic oxidation sites excluding steroid dienone is 4. The van der Waals surface area contributed by atoms with Gasteiger partial charge in [-0.15, -0.1) is 0 Å². The molecule has 0 atom stereocenters. The van der Waals surface area contributed by atoms with Crippen molar-refractivity contribution in [2.75, 3.05) is 14.1 Å². The molecule has 0 unspecified atom stereocenters. The maximum Gasteiger partial charge on any atom is 0.0172 e. The summed E-state index contributed by atoms with van der Waals surface area (Å²) < 4.78 is 0. The molecule has 1 aromatic carbocycles. The van der Waals surface area contributed by atoms with Crippen molar-refractivity contribution in [2.45, 2.75) is 6.42 Å². The maximum absolute atomic E-state index is 2.24. The molecule has 1 aromatic rings. The summed E-state index contributed by atoms with van der Waals surface area (Å²) in [6, 6.07) is 10.5. The van der Waals surface area contributed by atoms with Gasteiger partial charge < -0.3 is 4.90 Å². The van der Waals surface area contributed by atoms with Gasteiger partial charge in [-0.1, -0.05) is 48.6 Å². The summed E-state index contributed by atoms with van der Waals surface area (Å²) in [5.41, 5.74) is 3.98. The van der Waals surface area contributed by atoms with Gasteiger partial charge in [0.2, 0.25) is 0 Å². The first-order valence-corrected chi connectivity index (χ1v) is 5.56. The fraction of sp³-hybridized carbons (Fsp3) is 0.200. The van der Waals surface area contributed by atoms with Gasteiger partial charge in [-0.3, -0.25) is 0 Å². The van der Waals surface area contributed by atoms with Crippen LogP contribution in [0.4, 0.5) is 0 Å². The van der Waals surface area contributed by atoms with Crippen molar-refractivity contribution in [3.8, 4) is 0 Å². The van der Waals surface area contributed by atoms with Gasteiger partial charge in [0, 0.05) is 26.2 Å². The van der Waals surface area contributed by atoms with Crippen LogP contribution in [-0.2, 0) is 0 Å². The zero-order valence-corrected chi connectivity index (χ0v) is 9.85. The van der Waals surface area contributed by atoms with Crippen LogP contribution in [0.2, 0.25) is 0 Å². The molecule has 0 aliphatic heterocycles. The minimum absolute atomic E-state index is 1.01. The van der Waals surface area contributed by atoms with Crippen molar-refractivity contribution >= 4 is 6.08 Å². The van der Waals surface area contributed by atoms with Crippen LogP contribution in [0.1, 0.15) is 12.0 Å². The number of hydrogen-bond acceptors (Lipinski definition) is 1. The predicted molar refractivity (Wildman–Crippen MR) is 69.9 cm³/mol. The summed E-state index contributed by atoms with van der Waals surface area (Å²) >= 11 is 0. The molecule has 0 N–H and O–H groups in total.